The summed E-state index contributed by atoms with van der Waals surface area (Å²) in [6.07, 6.45) is 2.96. The van der Waals surface area contributed by atoms with Crippen LogP contribution in [-0.2, 0) is 11.2 Å². The smallest absolute Gasteiger partial charge is 0.326 e. The highest BCUT2D eigenvalue weighted by atomic mass is 32.1. The minimum Gasteiger partial charge on any atom is -0.480 e. The number of carboxylic acid groups (broad SMARTS) is 1. The van der Waals surface area contributed by atoms with E-state index in [2.05, 4.69) is 5.32 Å². The number of thiophene rings is 1. The summed E-state index contributed by atoms with van der Waals surface area (Å²) in [6.45, 7) is 3.97. The molecule has 0 aromatic carbocycles. The summed E-state index contributed by atoms with van der Waals surface area (Å²) in [7, 11) is 0. The van der Waals surface area contributed by atoms with E-state index in [1.165, 1.54) is 11.3 Å². The summed E-state index contributed by atoms with van der Waals surface area (Å²) >= 11 is 1.35. The third kappa shape index (κ3) is 3.84. The predicted molar refractivity (Wildman–Crippen MR) is 72.1 cm³/mol. The fourth-order valence-corrected chi connectivity index (χ4v) is 2.60. The van der Waals surface area contributed by atoms with Crippen molar-refractivity contribution in [2.24, 2.45) is 0 Å². The minimum absolute atomic E-state index is 0.273. The van der Waals surface area contributed by atoms with Crippen molar-refractivity contribution in [3.8, 4) is 0 Å². The van der Waals surface area contributed by atoms with E-state index in [1.54, 1.807) is 0 Å². The van der Waals surface area contributed by atoms with Gasteiger partial charge in [0.2, 0.25) is 0 Å². The van der Waals surface area contributed by atoms with Crippen LogP contribution in [0.25, 0.3) is 0 Å². The van der Waals surface area contributed by atoms with Crippen LogP contribution in [0, 0.1) is 0 Å². The number of carboxylic acids is 1. The van der Waals surface area contributed by atoms with Crippen molar-refractivity contribution in [2.45, 2.75) is 45.6 Å². The molecular weight excluding hydrogens is 250 g/mol. The molecule has 1 aromatic heterocycles. The van der Waals surface area contributed by atoms with Gasteiger partial charge in [-0.2, -0.15) is 0 Å². The zero-order valence-corrected chi connectivity index (χ0v) is 11.5. The Kier molecular flexibility index (Phi) is 5.85. The zero-order valence-electron chi connectivity index (χ0n) is 10.7. The molecule has 1 aromatic rings. The number of nitrogens with one attached hydrogen (secondary N) is 1. The summed E-state index contributed by atoms with van der Waals surface area (Å²) in [5.41, 5.74) is 0.970. The van der Waals surface area contributed by atoms with Crippen LogP contribution in [0.4, 0.5) is 0 Å². The van der Waals surface area contributed by atoms with Gasteiger partial charge in [0.05, 0.1) is 4.88 Å². The van der Waals surface area contributed by atoms with Crippen LogP contribution in [0.5, 0.6) is 0 Å². The van der Waals surface area contributed by atoms with E-state index in [9.17, 15) is 9.59 Å². The van der Waals surface area contributed by atoms with Gasteiger partial charge in [0.15, 0.2) is 0 Å². The third-order valence-electron chi connectivity index (χ3n) is 2.78. The number of carbonyl (C=O) groups excluding carboxylic acids is 1. The minimum atomic E-state index is -0.966. The lowest BCUT2D eigenvalue weighted by molar-refractivity contribution is -0.139. The molecule has 1 heterocycles. The van der Waals surface area contributed by atoms with Crippen molar-refractivity contribution in [3.05, 3.63) is 21.9 Å². The SMILES string of the molecule is CCCC[C@H](NC(=O)c1sccc1CC)C(=O)O. The summed E-state index contributed by atoms with van der Waals surface area (Å²) < 4.78 is 0. The van der Waals surface area contributed by atoms with Crippen LogP contribution in [-0.4, -0.2) is 23.0 Å². The topological polar surface area (TPSA) is 66.4 Å². The van der Waals surface area contributed by atoms with Crippen LogP contribution < -0.4 is 5.32 Å². The molecule has 0 radical (unpaired) electrons. The Labute approximate surface area is 111 Å². The van der Waals surface area contributed by atoms with Gasteiger partial charge in [-0.3, -0.25) is 4.79 Å². The fraction of sp³-hybridized carbons (Fsp3) is 0.538. The van der Waals surface area contributed by atoms with Gasteiger partial charge in [0.1, 0.15) is 6.04 Å². The molecule has 0 saturated heterocycles. The highest BCUT2D eigenvalue weighted by Gasteiger charge is 2.21. The largest absolute Gasteiger partial charge is 0.480 e. The molecule has 0 aliphatic rings. The maximum absolute atomic E-state index is 12.0. The van der Waals surface area contributed by atoms with Crippen molar-refractivity contribution in [1.29, 1.82) is 0 Å². The molecule has 1 rings (SSSR count). The Hall–Kier alpha value is -1.36. The number of carbonyl (C=O) groups is 2. The van der Waals surface area contributed by atoms with Gasteiger partial charge < -0.3 is 10.4 Å². The summed E-state index contributed by atoms with van der Waals surface area (Å²) in [5, 5.41) is 13.5. The summed E-state index contributed by atoms with van der Waals surface area (Å²) in [5.74, 6) is -1.24. The second kappa shape index (κ2) is 7.16. The molecule has 0 spiro atoms. The van der Waals surface area contributed by atoms with Gasteiger partial charge >= 0.3 is 5.97 Å². The van der Waals surface area contributed by atoms with E-state index in [-0.39, 0.29) is 5.91 Å². The van der Waals surface area contributed by atoms with E-state index >= 15 is 0 Å². The lowest BCUT2D eigenvalue weighted by atomic mass is 10.1. The molecule has 0 bridgehead atoms. The van der Waals surface area contributed by atoms with Gasteiger partial charge in [0.25, 0.3) is 5.91 Å². The molecule has 100 valence electrons. The van der Waals surface area contributed by atoms with E-state index < -0.39 is 12.0 Å². The summed E-state index contributed by atoms with van der Waals surface area (Å²) in [6, 6.07) is 1.12. The average Bonchev–Trinajstić information content (AvgIpc) is 2.82. The highest BCUT2D eigenvalue weighted by molar-refractivity contribution is 7.12. The van der Waals surface area contributed by atoms with E-state index in [1.807, 2.05) is 25.3 Å². The van der Waals surface area contributed by atoms with Gasteiger partial charge in [-0.05, 0) is 29.9 Å². The van der Waals surface area contributed by atoms with E-state index in [0.717, 1.165) is 24.8 Å². The number of aryl methyl sites for hydroxylation is 1. The Morgan fingerprint density at radius 2 is 2.17 bits per heavy atom. The van der Waals surface area contributed by atoms with Crippen LogP contribution in [0.2, 0.25) is 0 Å². The molecule has 1 atom stereocenters. The monoisotopic (exact) mass is 269 g/mol. The second-order valence-electron chi connectivity index (χ2n) is 4.14. The first kappa shape index (κ1) is 14.7. The van der Waals surface area contributed by atoms with Crippen LogP contribution in [0.15, 0.2) is 11.4 Å². The average molecular weight is 269 g/mol. The van der Waals surface area contributed by atoms with Crippen molar-refractivity contribution in [2.75, 3.05) is 0 Å². The van der Waals surface area contributed by atoms with Gasteiger partial charge in [-0.15, -0.1) is 11.3 Å². The van der Waals surface area contributed by atoms with Crippen LogP contribution in [0.1, 0.15) is 48.3 Å². The second-order valence-corrected chi connectivity index (χ2v) is 5.05. The highest BCUT2D eigenvalue weighted by Crippen LogP contribution is 2.17. The molecule has 4 nitrogen and oxygen atoms in total. The molecule has 0 fully saturated rings. The molecule has 0 aliphatic heterocycles. The third-order valence-corrected chi connectivity index (χ3v) is 3.74. The first-order valence-corrected chi connectivity index (χ1v) is 7.08. The molecule has 18 heavy (non-hydrogen) atoms. The Balaban J connectivity index is 2.69. The van der Waals surface area contributed by atoms with Gasteiger partial charge in [-0.1, -0.05) is 26.7 Å². The standard InChI is InChI=1S/C13H19NO3S/c1-3-5-6-10(13(16)17)14-12(15)11-9(4-2)7-8-18-11/h7-8,10H,3-6H2,1-2H3,(H,14,15)(H,16,17)/t10-/m0/s1. The van der Waals surface area contributed by atoms with Gasteiger partial charge in [0, 0.05) is 0 Å². The first-order chi connectivity index (χ1) is 8.60. The van der Waals surface area contributed by atoms with Crippen molar-refractivity contribution in [1.82, 2.24) is 5.32 Å². The lowest BCUT2D eigenvalue weighted by Crippen LogP contribution is -2.40. The quantitative estimate of drug-likeness (QED) is 0.799. The normalized spacial score (nSPS) is 12.1. The van der Waals surface area contributed by atoms with Crippen molar-refractivity contribution in [3.63, 3.8) is 0 Å². The molecule has 5 heteroatoms. The molecule has 0 aliphatic carbocycles. The Morgan fingerprint density at radius 1 is 1.44 bits per heavy atom. The number of rotatable bonds is 7. The van der Waals surface area contributed by atoms with E-state index in [4.69, 9.17) is 5.11 Å². The number of amides is 1. The molecule has 1 amide bonds. The Bertz CT molecular complexity index is 414. The van der Waals surface area contributed by atoms with Gasteiger partial charge in [-0.25, -0.2) is 4.79 Å². The number of unbranched alkanes of at least 4 members (excludes halogenated alkanes) is 1. The van der Waals surface area contributed by atoms with Crippen LogP contribution in [0.3, 0.4) is 0 Å². The number of aliphatic carboxylic acids is 1. The maximum Gasteiger partial charge on any atom is 0.326 e. The van der Waals surface area contributed by atoms with Crippen molar-refractivity contribution >= 4 is 23.2 Å². The predicted octanol–water partition coefficient (Wildman–Crippen LogP) is 2.68. The molecule has 0 unspecified atom stereocenters. The zero-order chi connectivity index (χ0) is 13.5. The van der Waals surface area contributed by atoms with Crippen molar-refractivity contribution < 1.29 is 14.7 Å². The van der Waals surface area contributed by atoms with Crippen LogP contribution >= 0.6 is 11.3 Å². The first-order valence-electron chi connectivity index (χ1n) is 6.20. The fourth-order valence-electron chi connectivity index (χ4n) is 1.70. The Morgan fingerprint density at radius 3 is 2.72 bits per heavy atom. The molecule has 2 N–H and O–H groups in total. The number of hydrogen-bond donors (Lipinski definition) is 2. The number of hydrogen-bond acceptors (Lipinski definition) is 3. The lowest BCUT2D eigenvalue weighted by Gasteiger charge is -2.13. The molecular formula is C13H19NO3S. The van der Waals surface area contributed by atoms with E-state index in [0.29, 0.717) is 11.3 Å². The maximum atomic E-state index is 12.0. The molecule has 0 saturated carbocycles. The summed E-state index contributed by atoms with van der Waals surface area (Å²) in [4.78, 5) is 23.7.